The molecule has 1 heterocycles. The van der Waals surface area contributed by atoms with Gasteiger partial charge in [0, 0.05) is 25.2 Å². The molecule has 0 radical (unpaired) electrons. The highest BCUT2D eigenvalue weighted by Crippen LogP contribution is 2.24. The molecule has 2 amide bonds. The van der Waals surface area contributed by atoms with Gasteiger partial charge in [0.25, 0.3) is 5.69 Å². The number of hydrogen-bond donors (Lipinski definition) is 2. The molecule has 0 aromatic heterocycles. The zero-order valence-electron chi connectivity index (χ0n) is 18.3. The molecule has 1 aliphatic heterocycles. The van der Waals surface area contributed by atoms with Crippen molar-refractivity contribution >= 4 is 27.5 Å². The number of rotatable bonds is 9. The third-order valence-electron chi connectivity index (χ3n) is 5.10. The van der Waals surface area contributed by atoms with Gasteiger partial charge in [0.05, 0.1) is 30.1 Å². The van der Waals surface area contributed by atoms with E-state index >= 15 is 0 Å². The molecule has 0 spiro atoms. The van der Waals surface area contributed by atoms with Crippen LogP contribution in [0.1, 0.15) is 5.56 Å². The van der Waals surface area contributed by atoms with Crippen LogP contribution in [-0.2, 0) is 30.8 Å². The Bertz CT molecular complexity index is 1140. The summed E-state index contributed by atoms with van der Waals surface area (Å²) in [6.07, 6.45) is -0.507. The Morgan fingerprint density at radius 2 is 1.76 bits per heavy atom. The molecular weight excluding hydrogens is 468 g/mol. The van der Waals surface area contributed by atoms with E-state index < -0.39 is 33.0 Å². The van der Waals surface area contributed by atoms with Crippen molar-refractivity contribution in [2.75, 3.05) is 33.4 Å². The number of nitrogens with zero attached hydrogens (tertiary/aromatic N) is 2. The number of carbonyl (C=O) groups is 2. The van der Waals surface area contributed by atoms with Crippen LogP contribution in [-0.4, -0.2) is 69.0 Å². The number of carbonyl (C=O) groups excluding carboxylic acids is 2. The van der Waals surface area contributed by atoms with Gasteiger partial charge in [-0.15, -0.1) is 0 Å². The van der Waals surface area contributed by atoms with Gasteiger partial charge in [0.1, 0.15) is 12.0 Å². The lowest BCUT2D eigenvalue weighted by atomic mass is 10.1. The second kappa shape index (κ2) is 11.0. The highest BCUT2D eigenvalue weighted by Gasteiger charge is 2.36. The largest absolute Gasteiger partial charge is 0.497 e. The molecular formula is C21H24N4O8S. The summed E-state index contributed by atoms with van der Waals surface area (Å²) in [5.41, 5.74) is 0.714. The Kier molecular flexibility index (Phi) is 8.15. The van der Waals surface area contributed by atoms with Crippen LogP contribution in [0.25, 0.3) is 0 Å². The van der Waals surface area contributed by atoms with Gasteiger partial charge >= 0.3 is 11.8 Å². The minimum atomic E-state index is -4.02. The van der Waals surface area contributed by atoms with E-state index in [4.69, 9.17) is 9.47 Å². The Balaban J connectivity index is 1.50. The van der Waals surface area contributed by atoms with Crippen molar-refractivity contribution in [2.45, 2.75) is 17.5 Å². The fourth-order valence-electron chi connectivity index (χ4n) is 3.27. The van der Waals surface area contributed by atoms with Crippen LogP contribution >= 0.6 is 0 Å². The highest BCUT2D eigenvalue weighted by atomic mass is 32.2. The average molecular weight is 493 g/mol. The molecule has 2 aromatic rings. The van der Waals surface area contributed by atoms with E-state index in [9.17, 15) is 28.1 Å². The van der Waals surface area contributed by atoms with Crippen molar-refractivity contribution < 1.29 is 32.4 Å². The summed E-state index contributed by atoms with van der Waals surface area (Å²) < 4.78 is 37.3. The molecule has 1 aliphatic rings. The number of benzene rings is 2. The van der Waals surface area contributed by atoms with Crippen molar-refractivity contribution in [3.05, 3.63) is 64.2 Å². The molecule has 3 rings (SSSR count). The number of ether oxygens (including phenoxy) is 2. The van der Waals surface area contributed by atoms with E-state index in [-0.39, 0.29) is 36.8 Å². The van der Waals surface area contributed by atoms with E-state index in [1.54, 1.807) is 19.2 Å². The quantitative estimate of drug-likeness (QED) is 0.290. The van der Waals surface area contributed by atoms with Gasteiger partial charge in [-0.25, -0.2) is 8.42 Å². The van der Waals surface area contributed by atoms with Crippen molar-refractivity contribution in [2.24, 2.45) is 0 Å². The van der Waals surface area contributed by atoms with Gasteiger partial charge in [0.2, 0.25) is 10.0 Å². The van der Waals surface area contributed by atoms with Crippen LogP contribution in [0.3, 0.4) is 0 Å². The number of amides is 2. The molecule has 1 fully saturated rings. The van der Waals surface area contributed by atoms with Crippen LogP contribution < -0.4 is 15.4 Å². The number of sulfonamides is 1. The highest BCUT2D eigenvalue weighted by molar-refractivity contribution is 7.89. The lowest BCUT2D eigenvalue weighted by molar-refractivity contribution is -0.384. The van der Waals surface area contributed by atoms with Crippen molar-refractivity contribution in [3.8, 4) is 5.75 Å². The van der Waals surface area contributed by atoms with E-state index in [1.165, 1.54) is 0 Å². The fourth-order valence-corrected chi connectivity index (χ4v) is 4.78. The lowest BCUT2D eigenvalue weighted by Crippen LogP contribution is -2.47. The van der Waals surface area contributed by atoms with E-state index in [0.717, 1.165) is 34.1 Å². The summed E-state index contributed by atoms with van der Waals surface area (Å²) in [7, 11) is -2.46. The van der Waals surface area contributed by atoms with Crippen molar-refractivity contribution in [1.82, 2.24) is 14.9 Å². The maximum atomic E-state index is 12.9. The van der Waals surface area contributed by atoms with Gasteiger partial charge in [-0.2, -0.15) is 4.31 Å². The summed E-state index contributed by atoms with van der Waals surface area (Å²) in [5, 5.41) is 15.7. The molecule has 13 heteroatoms. The number of nitro benzene ring substituents is 1. The minimum absolute atomic E-state index is 0.0356. The number of nitro groups is 1. The first kappa shape index (κ1) is 25.1. The molecule has 0 aliphatic carbocycles. The van der Waals surface area contributed by atoms with Crippen molar-refractivity contribution in [1.29, 1.82) is 0 Å². The molecule has 1 atom stereocenters. The molecule has 12 nitrogen and oxygen atoms in total. The predicted molar refractivity (Wildman–Crippen MR) is 119 cm³/mol. The first-order valence-electron chi connectivity index (χ1n) is 10.3. The summed E-state index contributed by atoms with van der Waals surface area (Å²) in [4.78, 5) is 34.2. The topological polar surface area (TPSA) is 157 Å². The number of hydrogen-bond acceptors (Lipinski definition) is 8. The fraction of sp³-hybridized carbons (Fsp3) is 0.333. The summed E-state index contributed by atoms with van der Waals surface area (Å²) in [5.74, 6) is -1.06. The maximum absolute atomic E-state index is 12.9. The predicted octanol–water partition coefficient (Wildman–Crippen LogP) is 0.426. The van der Waals surface area contributed by atoms with Gasteiger partial charge in [-0.05, 0) is 36.2 Å². The molecule has 34 heavy (non-hydrogen) atoms. The first-order chi connectivity index (χ1) is 16.2. The second-order valence-corrected chi connectivity index (χ2v) is 9.15. The van der Waals surface area contributed by atoms with Gasteiger partial charge in [0.15, 0.2) is 0 Å². The normalized spacial score (nSPS) is 16.1. The third-order valence-corrected chi connectivity index (χ3v) is 7.00. The van der Waals surface area contributed by atoms with Crippen LogP contribution in [0.15, 0.2) is 53.4 Å². The SMILES string of the molecule is COc1ccc(CCNC(=O)C(=O)NC[C@@H]2OCCN2S(=O)(=O)c2ccc([N+](=O)[O-])cc2)cc1. The van der Waals surface area contributed by atoms with E-state index in [1.807, 2.05) is 12.1 Å². The lowest BCUT2D eigenvalue weighted by Gasteiger charge is -2.22. The van der Waals surface area contributed by atoms with Crippen molar-refractivity contribution in [3.63, 3.8) is 0 Å². The first-order valence-corrected chi connectivity index (χ1v) is 11.7. The molecule has 2 N–H and O–H groups in total. The van der Waals surface area contributed by atoms with E-state index in [0.29, 0.717) is 12.2 Å². The maximum Gasteiger partial charge on any atom is 0.309 e. The van der Waals surface area contributed by atoms with Gasteiger partial charge in [-0.3, -0.25) is 19.7 Å². The van der Waals surface area contributed by atoms with Gasteiger partial charge < -0.3 is 20.1 Å². The summed E-state index contributed by atoms with van der Waals surface area (Å²) in [6, 6.07) is 11.7. The smallest absolute Gasteiger partial charge is 0.309 e. The van der Waals surface area contributed by atoms with Crippen LogP contribution in [0.4, 0.5) is 5.69 Å². The van der Waals surface area contributed by atoms with Crippen LogP contribution in [0, 0.1) is 10.1 Å². The second-order valence-electron chi connectivity index (χ2n) is 7.26. The Labute approximate surface area is 196 Å². The standard InChI is InChI=1S/C21H24N4O8S/c1-32-17-6-2-15(3-7-17)10-11-22-20(26)21(27)23-14-19-24(12-13-33-19)34(30,31)18-8-4-16(5-9-18)25(28)29/h2-9,19H,10-14H2,1H3,(H,22,26)(H,23,27)/t19-/m0/s1. The average Bonchev–Trinajstić information content (AvgIpc) is 3.32. The molecule has 1 saturated heterocycles. The third kappa shape index (κ3) is 6.07. The zero-order chi connectivity index (χ0) is 24.7. The molecule has 0 unspecified atom stereocenters. The zero-order valence-corrected chi connectivity index (χ0v) is 19.1. The number of non-ortho nitro benzene ring substituents is 1. The Hall–Kier alpha value is -3.55. The summed E-state index contributed by atoms with van der Waals surface area (Å²) >= 11 is 0. The van der Waals surface area contributed by atoms with Gasteiger partial charge in [-0.1, -0.05) is 12.1 Å². The van der Waals surface area contributed by atoms with E-state index in [2.05, 4.69) is 10.6 Å². The Morgan fingerprint density at radius 1 is 1.12 bits per heavy atom. The molecule has 2 aromatic carbocycles. The summed E-state index contributed by atoms with van der Waals surface area (Å²) in [6.45, 7) is 0.130. The molecule has 0 saturated carbocycles. The molecule has 182 valence electrons. The van der Waals surface area contributed by atoms with Crippen LogP contribution in [0.2, 0.25) is 0 Å². The number of nitrogens with one attached hydrogen (secondary N) is 2. The van der Waals surface area contributed by atoms with Crippen LogP contribution in [0.5, 0.6) is 5.75 Å². The minimum Gasteiger partial charge on any atom is -0.497 e. The molecule has 0 bridgehead atoms. The Morgan fingerprint density at radius 3 is 2.38 bits per heavy atom. The number of methoxy groups -OCH3 is 1. The monoisotopic (exact) mass is 492 g/mol.